The van der Waals surface area contributed by atoms with Crippen LogP contribution in [0.1, 0.15) is 26.3 Å². The molecule has 0 atom stereocenters. The van der Waals surface area contributed by atoms with E-state index in [0.717, 1.165) is 0 Å². The molecule has 0 heterocycles. The molecule has 3 aromatic rings. The van der Waals surface area contributed by atoms with E-state index in [4.69, 9.17) is 9.47 Å². The van der Waals surface area contributed by atoms with Gasteiger partial charge in [-0.1, -0.05) is 12.1 Å². The number of phenols is 1. The van der Waals surface area contributed by atoms with Gasteiger partial charge < -0.3 is 14.6 Å². The van der Waals surface area contributed by atoms with Gasteiger partial charge in [-0.25, -0.2) is 10.2 Å². The number of hydrogen-bond donors (Lipinski definition) is 2. The Labute approximate surface area is 167 Å². The summed E-state index contributed by atoms with van der Waals surface area (Å²) in [6.45, 7) is 0. The van der Waals surface area contributed by atoms with Crippen LogP contribution in [0.15, 0.2) is 77.9 Å². The van der Waals surface area contributed by atoms with Crippen molar-refractivity contribution >= 4 is 18.1 Å². The number of para-hydroxylation sites is 1. The Balaban J connectivity index is 1.56. The first-order valence-corrected chi connectivity index (χ1v) is 8.64. The molecule has 146 valence electrons. The number of phenolic OH excluding ortho intramolecular Hbond substituents is 1. The van der Waals surface area contributed by atoms with E-state index in [2.05, 4.69) is 10.5 Å². The van der Waals surface area contributed by atoms with Crippen LogP contribution in [0.4, 0.5) is 0 Å². The molecular formula is C22H18N2O5. The molecule has 0 fully saturated rings. The van der Waals surface area contributed by atoms with E-state index in [9.17, 15) is 14.7 Å². The maximum atomic E-state index is 12.2. The SMILES string of the molecule is COc1ccc(C(=O)Oc2ccc(/C=N/NC(=O)c3ccccc3O)cc2)cc1. The van der Waals surface area contributed by atoms with E-state index < -0.39 is 11.9 Å². The number of carbonyl (C=O) groups is 2. The lowest BCUT2D eigenvalue weighted by molar-refractivity contribution is 0.0734. The molecule has 29 heavy (non-hydrogen) atoms. The maximum absolute atomic E-state index is 12.2. The summed E-state index contributed by atoms with van der Waals surface area (Å²) in [5.74, 6) is -0.0995. The summed E-state index contributed by atoms with van der Waals surface area (Å²) in [6, 6.07) is 19.4. The second-order valence-corrected chi connectivity index (χ2v) is 5.90. The molecule has 2 N–H and O–H groups in total. The lowest BCUT2D eigenvalue weighted by Crippen LogP contribution is -2.17. The number of hydrazone groups is 1. The Hall–Kier alpha value is -4.13. The first-order chi connectivity index (χ1) is 14.1. The van der Waals surface area contributed by atoms with Crippen LogP contribution >= 0.6 is 0 Å². The van der Waals surface area contributed by atoms with E-state index in [0.29, 0.717) is 22.6 Å². The van der Waals surface area contributed by atoms with Crippen LogP contribution in [0, 0.1) is 0 Å². The van der Waals surface area contributed by atoms with Gasteiger partial charge in [0.05, 0.1) is 24.5 Å². The fraction of sp³-hybridized carbons (Fsp3) is 0.0455. The van der Waals surface area contributed by atoms with Gasteiger partial charge in [0.2, 0.25) is 0 Å². The summed E-state index contributed by atoms with van der Waals surface area (Å²) in [5.41, 5.74) is 3.56. The van der Waals surface area contributed by atoms with Crippen LogP contribution < -0.4 is 14.9 Å². The zero-order valence-corrected chi connectivity index (χ0v) is 15.5. The van der Waals surface area contributed by atoms with Crippen molar-refractivity contribution in [3.8, 4) is 17.2 Å². The summed E-state index contributed by atoms with van der Waals surface area (Å²) < 4.78 is 10.4. The third kappa shape index (κ3) is 5.20. The molecule has 0 saturated carbocycles. The highest BCUT2D eigenvalue weighted by molar-refractivity contribution is 5.97. The molecule has 0 aliphatic rings. The lowest BCUT2D eigenvalue weighted by atomic mass is 10.2. The van der Waals surface area contributed by atoms with E-state index in [-0.39, 0.29) is 11.3 Å². The topological polar surface area (TPSA) is 97.2 Å². The third-order valence-electron chi connectivity index (χ3n) is 3.94. The molecular weight excluding hydrogens is 372 g/mol. The van der Waals surface area contributed by atoms with Gasteiger partial charge in [-0.05, 0) is 66.2 Å². The van der Waals surface area contributed by atoms with Gasteiger partial charge in [0, 0.05) is 0 Å². The predicted octanol–water partition coefficient (Wildman–Crippen LogP) is 3.38. The van der Waals surface area contributed by atoms with E-state index in [1.165, 1.54) is 18.3 Å². The smallest absolute Gasteiger partial charge is 0.343 e. The van der Waals surface area contributed by atoms with Crippen LogP contribution in [-0.2, 0) is 0 Å². The van der Waals surface area contributed by atoms with Crippen molar-refractivity contribution in [3.63, 3.8) is 0 Å². The molecule has 0 radical (unpaired) electrons. The van der Waals surface area contributed by atoms with Crippen LogP contribution in [-0.4, -0.2) is 30.3 Å². The van der Waals surface area contributed by atoms with Crippen molar-refractivity contribution in [2.45, 2.75) is 0 Å². The van der Waals surface area contributed by atoms with Gasteiger partial charge in [0.25, 0.3) is 5.91 Å². The molecule has 0 saturated heterocycles. The van der Waals surface area contributed by atoms with Crippen LogP contribution in [0.5, 0.6) is 17.2 Å². The number of amides is 1. The third-order valence-corrected chi connectivity index (χ3v) is 3.94. The summed E-state index contributed by atoms with van der Waals surface area (Å²) >= 11 is 0. The summed E-state index contributed by atoms with van der Waals surface area (Å²) in [5, 5.41) is 13.5. The average molecular weight is 390 g/mol. The second kappa shape index (κ2) is 9.18. The van der Waals surface area contributed by atoms with E-state index in [1.54, 1.807) is 67.8 Å². The molecule has 0 unspecified atom stereocenters. The molecule has 7 heteroatoms. The fourth-order valence-corrected chi connectivity index (χ4v) is 2.41. The number of methoxy groups -OCH3 is 1. The van der Waals surface area contributed by atoms with Crippen molar-refractivity contribution in [1.82, 2.24) is 5.43 Å². The molecule has 1 amide bonds. The zero-order chi connectivity index (χ0) is 20.6. The van der Waals surface area contributed by atoms with Crippen molar-refractivity contribution in [1.29, 1.82) is 0 Å². The fourth-order valence-electron chi connectivity index (χ4n) is 2.41. The standard InChI is InChI=1S/C22H18N2O5/c1-28-17-12-8-16(9-13-17)22(27)29-18-10-6-15(7-11-18)14-23-24-21(26)19-4-2-3-5-20(19)25/h2-14,25H,1H3,(H,24,26)/b23-14+. The van der Waals surface area contributed by atoms with Gasteiger partial charge in [-0.15, -0.1) is 0 Å². The molecule has 3 rings (SSSR count). The van der Waals surface area contributed by atoms with Gasteiger partial charge in [-0.3, -0.25) is 4.79 Å². The highest BCUT2D eigenvalue weighted by Gasteiger charge is 2.09. The van der Waals surface area contributed by atoms with E-state index in [1.807, 2.05) is 0 Å². The van der Waals surface area contributed by atoms with Crippen molar-refractivity contribution in [2.75, 3.05) is 7.11 Å². The molecule has 3 aromatic carbocycles. The number of nitrogens with one attached hydrogen (secondary N) is 1. The number of nitrogens with zero attached hydrogens (tertiary/aromatic N) is 1. The van der Waals surface area contributed by atoms with Crippen molar-refractivity contribution in [2.24, 2.45) is 5.10 Å². The molecule has 0 bridgehead atoms. The normalized spacial score (nSPS) is 10.5. The van der Waals surface area contributed by atoms with Gasteiger partial charge in [0.15, 0.2) is 0 Å². The van der Waals surface area contributed by atoms with E-state index >= 15 is 0 Å². The monoisotopic (exact) mass is 390 g/mol. The minimum atomic E-state index is -0.524. The van der Waals surface area contributed by atoms with Crippen LogP contribution in [0.2, 0.25) is 0 Å². The average Bonchev–Trinajstić information content (AvgIpc) is 2.75. The van der Waals surface area contributed by atoms with Gasteiger partial charge >= 0.3 is 5.97 Å². The summed E-state index contributed by atoms with van der Waals surface area (Å²) in [7, 11) is 1.55. The number of rotatable bonds is 6. The maximum Gasteiger partial charge on any atom is 0.343 e. The molecule has 0 aliphatic heterocycles. The highest BCUT2D eigenvalue weighted by Crippen LogP contribution is 2.17. The number of esters is 1. The quantitative estimate of drug-likeness (QED) is 0.291. The zero-order valence-electron chi connectivity index (χ0n) is 15.5. The summed E-state index contributed by atoms with van der Waals surface area (Å²) in [4.78, 5) is 24.1. The Kier molecular flexibility index (Phi) is 6.22. The largest absolute Gasteiger partial charge is 0.507 e. The highest BCUT2D eigenvalue weighted by atomic mass is 16.5. The molecule has 0 aliphatic carbocycles. The van der Waals surface area contributed by atoms with Crippen molar-refractivity contribution in [3.05, 3.63) is 89.5 Å². The summed E-state index contributed by atoms with van der Waals surface area (Å²) in [6.07, 6.45) is 1.44. The van der Waals surface area contributed by atoms with Crippen LogP contribution in [0.25, 0.3) is 0 Å². The Morgan fingerprint density at radius 1 is 0.931 bits per heavy atom. The molecule has 0 aromatic heterocycles. The first kappa shape index (κ1) is 19.6. The minimum absolute atomic E-state index is 0.122. The van der Waals surface area contributed by atoms with Gasteiger partial charge in [0.1, 0.15) is 17.2 Å². The molecule has 7 nitrogen and oxygen atoms in total. The second-order valence-electron chi connectivity index (χ2n) is 5.90. The van der Waals surface area contributed by atoms with Gasteiger partial charge in [-0.2, -0.15) is 5.10 Å². The van der Waals surface area contributed by atoms with Crippen molar-refractivity contribution < 1.29 is 24.2 Å². The Bertz CT molecular complexity index is 1030. The predicted molar refractivity (Wildman–Crippen MR) is 108 cm³/mol. The Morgan fingerprint density at radius 3 is 2.24 bits per heavy atom. The molecule has 0 spiro atoms. The lowest BCUT2D eigenvalue weighted by Gasteiger charge is -2.05. The minimum Gasteiger partial charge on any atom is -0.507 e. The number of benzene rings is 3. The number of ether oxygens (including phenoxy) is 2. The number of carbonyl (C=O) groups excluding carboxylic acids is 2. The Morgan fingerprint density at radius 2 is 1.59 bits per heavy atom. The van der Waals surface area contributed by atoms with Crippen LogP contribution in [0.3, 0.4) is 0 Å². The number of aromatic hydroxyl groups is 1. The number of hydrogen-bond acceptors (Lipinski definition) is 6. The first-order valence-electron chi connectivity index (χ1n) is 8.64.